The fourth-order valence-electron chi connectivity index (χ4n) is 2.97. The number of ether oxygens (including phenoxy) is 2. The third-order valence-corrected chi connectivity index (χ3v) is 4.47. The maximum Gasteiger partial charge on any atom is 0.227 e. The van der Waals surface area contributed by atoms with Crippen LogP contribution in [0.25, 0.3) is 0 Å². The summed E-state index contributed by atoms with van der Waals surface area (Å²) < 4.78 is 10.6. The third kappa shape index (κ3) is 5.01. The molecule has 1 amide bonds. The van der Waals surface area contributed by atoms with Crippen LogP contribution in [0.3, 0.4) is 0 Å². The van der Waals surface area contributed by atoms with Crippen molar-refractivity contribution < 1.29 is 14.3 Å². The zero-order chi connectivity index (χ0) is 16.1. The summed E-state index contributed by atoms with van der Waals surface area (Å²) in [6.07, 6.45) is 2.31. The minimum absolute atomic E-state index is 0. The molecule has 0 aliphatic carbocycles. The summed E-state index contributed by atoms with van der Waals surface area (Å²) in [5.41, 5.74) is 6.81. The normalized spacial score (nSPS) is 16.4. The lowest BCUT2D eigenvalue weighted by molar-refractivity contribution is -0.131. The molecule has 1 aromatic carbocycles. The molecule has 0 radical (unpaired) electrons. The van der Waals surface area contributed by atoms with Crippen molar-refractivity contribution in [3.8, 4) is 11.5 Å². The van der Waals surface area contributed by atoms with Crippen LogP contribution in [0.2, 0.25) is 0 Å². The van der Waals surface area contributed by atoms with Crippen LogP contribution in [0.4, 0.5) is 0 Å². The molecular weight excluding hydrogens is 316 g/mol. The number of hydrogen-bond donors (Lipinski definition) is 1. The Morgan fingerprint density at radius 1 is 1.30 bits per heavy atom. The number of amides is 1. The number of nitrogens with two attached hydrogens (primary N) is 1. The average molecular weight is 343 g/mol. The standard InChI is InChI=1S/C17H26N2O3.ClH/c1-12(18)13-6-8-19(9-7-13)17(20)11-14-10-15(21-2)4-5-16(14)22-3;/h4-5,10,12-13H,6-9,11,18H2,1-3H3;1H. The predicted octanol–water partition coefficient (Wildman–Crippen LogP) is 2.25. The monoisotopic (exact) mass is 342 g/mol. The van der Waals surface area contributed by atoms with Crippen molar-refractivity contribution in [2.45, 2.75) is 32.2 Å². The van der Waals surface area contributed by atoms with Crippen LogP contribution >= 0.6 is 12.4 Å². The summed E-state index contributed by atoms with van der Waals surface area (Å²) in [6, 6.07) is 5.74. The first-order valence-electron chi connectivity index (χ1n) is 7.79. The third-order valence-electron chi connectivity index (χ3n) is 4.47. The molecule has 6 heteroatoms. The molecule has 0 bridgehead atoms. The van der Waals surface area contributed by atoms with E-state index < -0.39 is 0 Å². The van der Waals surface area contributed by atoms with Gasteiger partial charge in [0.05, 0.1) is 20.6 Å². The molecule has 2 rings (SSSR count). The van der Waals surface area contributed by atoms with Gasteiger partial charge in [-0.2, -0.15) is 0 Å². The van der Waals surface area contributed by atoms with Gasteiger partial charge in [0.2, 0.25) is 5.91 Å². The largest absolute Gasteiger partial charge is 0.497 e. The van der Waals surface area contributed by atoms with Crippen molar-refractivity contribution in [3.63, 3.8) is 0 Å². The summed E-state index contributed by atoms with van der Waals surface area (Å²) in [5, 5.41) is 0. The number of hydrogen-bond acceptors (Lipinski definition) is 4. The van der Waals surface area contributed by atoms with Crippen molar-refractivity contribution >= 4 is 18.3 Å². The summed E-state index contributed by atoms with van der Waals surface area (Å²) in [5.74, 6) is 2.11. The Hall–Kier alpha value is -1.46. The van der Waals surface area contributed by atoms with Gasteiger partial charge in [-0.15, -0.1) is 12.4 Å². The molecule has 130 valence electrons. The molecular formula is C17H27ClN2O3. The van der Waals surface area contributed by atoms with Crippen LogP contribution < -0.4 is 15.2 Å². The molecule has 1 aliphatic rings. The van der Waals surface area contributed by atoms with Gasteiger partial charge in [0.15, 0.2) is 0 Å². The fourth-order valence-corrected chi connectivity index (χ4v) is 2.97. The molecule has 23 heavy (non-hydrogen) atoms. The van der Waals surface area contributed by atoms with E-state index in [-0.39, 0.29) is 24.4 Å². The van der Waals surface area contributed by atoms with Gasteiger partial charge in [-0.1, -0.05) is 0 Å². The summed E-state index contributed by atoms with van der Waals surface area (Å²) in [6.45, 7) is 3.62. The highest BCUT2D eigenvalue weighted by Crippen LogP contribution is 2.26. The highest BCUT2D eigenvalue weighted by Gasteiger charge is 2.25. The second kappa shape index (κ2) is 8.99. The first-order valence-corrected chi connectivity index (χ1v) is 7.79. The molecule has 0 saturated carbocycles. The quantitative estimate of drug-likeness (QED) is 0.891. The molecule has 1 heterocycles. The topological polar surface area (TPSA) is 64.8 Å². The lowest BCUT2D eigenvalue weighted by Gasteiger charge is -2.33. The first kappa shape index (κ1) is 19.6. The van der Waals surface area contributed by atoms with E-state index in [1.54, 1.807) is 14.2 Å². The second-order valence-corrected chi connectivity index (χ2v) is 5.93. The van der Waals surface area contributed by atoms with Crippen LogP contribution in [-0.2, 0) is 11.2 Å². The molecule has 5 nitrogen and oxygen atoms in total. The van der Waals surface area contributed by atoms with Crippen LogP contribution in [0.15, 0.2) is 18.2 Å². The average Bonchev–Trinajstić information content (AvgIpc) is 2.54. The minimum atomic E-state index is 0. The van der Waals surface area contributed by atoms with E-state index in [2.05, 4.69) is 0 Å². The second-order valence-electron chi connectivity index (χ2n) is 5.93. The molecule has 1 unspecified atom stereocenters. The van der Waals surface area contributed by atoms with E-state index in [1.807, 2.05) is 30.0 Å². The van der Waals surface area contributed by atoms with Gasteiger partial charge in [0.1, 0.15) is 11.5 Å². The minimum Gasteiger partial charge on any atom is -0.497 e. The lowest BCUT2D eigenvalue weighted by Crippen LogP contribution is -2.43. The zero-order valence-electron chi connectivity index (χ0n) is 14.1. The van der Waals surface area contributed by atoms with Crippen LogP contribution in [0.5, 0.6) is 11.5 Å². The Kier molecular flexibility index (Phi) is 7.65. The van der Waals surface area contributed by atoms with Crippen molar-refractivity contribution in [3.05, 3.63) is 23.8 Å². The summed E-state index contributed by atoms with van der Waals surface area (Å²) in [4.78, 5) is 14.4. The lowest BCUT2D eigenvalue weighted by atomic mass is 9.90. The number of piperidine rings is 1. The Labute approximate surface area is 144 Å². The highest BCUT2D eigenvalue weighted by atomic mass is 35.5. The number of methoxy groups -OCH3 is 2. The highest BCUT2D eigenvalue weighted by molar-refractivity contribution is 5.85. The van der Waals surface area contributed by atoms with Gasteiger partial charge in [-0.05, 0) is 43.9 Å². The SMILES string of the molecule is COc1ccc(OC)c(CC(=O)N2CCC(C(C)N)CC2)c1.Cl. The van der Waals surface area contributed by atoms with Gasteiger partial charge in [0, 0.05) is 24.7 Å². The van der Waals surface area contributed by atoms with E-state index in [0.717, 1.165) is 43.0 Å². The van der Waals surface area contributed by atoms with Gasteiger partial charge < -0.3 is 20.1 Å². The number of carbonyl (C=O) groups is 1. The first-order chi connectivity index (χ1) is 10.5. The summed E-state index contributed by atoms with van der Waals surface area (Å²) >= 11 is 0. The molecule has 1 fully saturated rings. The maximum atomic E-state index is 12.5. The van der Waals surface area contributed by atoms with Gasteiger partial charge in [0.25, 0.3) is 0 Å². The summed E-state index contributed by atoms with van der Waals surface area (Å²) in [7, 11) is 3.23. The van der Waals surface area contributed by atoms with E-state index >= 15 is 0 Å². The van der Waals surface area contributed by atoms with Crippen molar-refractivity contribution in [2.24, 2.45) is 11.7 Å². The smallest absolute Gasteiger partial charge is 0.227 e. The Morgan fingerprint density at radius 2 is 1.96 bits per heavy atom. The van der Waals surface area contributed by atoms with Crippen molar-refractivity contribution in [1.29, 1.82) is 0 Å². The van der Waals surface area contributed by atoms with Gasteiger partial charge in [-0.3, -0.25) is 4.79 Å². The zero-order valence-corrected chi connectivity index (χ0v) is 14.9. The Bertz CT molecular complexity index is 515. The van der Waals surface area contributed by atoms with Gasteiger partial charge in [-0.25, -0.2) is 0 Å². The number of likely N-dealkylation sites (tertiary alicyclic amines) is 1. The number of benzene rings is 1. The Morgan fingerprint density at radius 3 is 2.48 bits per heavy atom. The maximum absolute atomic E-state index is 12.5. The van der Waals surface area contributed by atoms with E-state index in [0.29, 0.717) is 12.3 Å². The molecule has 0 spiro atoms. The van der Waals surface area contributed by atoms with Crippen LogP contribution in [0, 0.1) is 5.92 Å². The number of carbonyl (C=O) groups excluding carboxylic acids is 1. The molecule has 0 aromatic heterocycles. The Balaban J connectivity index is 0.00000264. The van der Waals surface area contributed by atoms with Crippen LogP contribution in [-0.4, -0.2) is 44.2 Å². The molecule has 1 atom stereocenters. The van der Waals surface area contributed by atoms with E-state index in [9.17, 15) is 4.79 Å². The fraction of sp³-hybridized carbons (Fsp3) is 0.588. The van der Waals surface area contributed by atoms with Crippen molar-refractivity contribution in [1.82, 2.24) is 4.90 Å². The molecule has 1 aliphatic heterocycles. The molecule has 2 N–H and O–H groups in total. The van der Waals surface area contributed by atoms with Gasteiger partial charge >= 0.3 is 0 Å². The number of halogens is 1. The number of nitrogens with zero attached hydrogens (tertiary/aromatic N) is 1. The number of rotatable bonds is 5. The van der Waals surface area contributed by atoms with E-state index in [4.69, 9.17) is 15.2 Å². The molecule has 1 aromatic rings. The predicted molar refractivity (Wildman–Crippen MR) is 93.5 cm³/mol. The molecule has 1 saturated heterocycles. The van der Waals surface area contributed by atoms with E-state index in [1.165, 1.54) is 0 Å². The van der Waals surface area contributed by atoms with Crippen molar-refractivity contribution in [2.75, 3.05) is 27.3 Å². The van der Waals surface area contributed by atoms with Crippen LogP contribution in [0.1, 0.15) is 25.3 Å².